The van der Waals surface area contributed by atoms with Crippen LogP contribution in [0.3, 0.4) is 0 Å². The highest BCUT2D eigenvalue weighted by atomic mass is 16.5. The normalized spacial score (nSPS) is 24.4. The number of ether oxygens (including phenoxy) is 1. The predicted molar refractivity (Wildman–Crippen MR) is 112 cm³/mol. The highest BCUT2D eigenvalue weighted by molar-refractivity contribution is 5.94. The van der Waals surface area contributed by atoms with E-state index < -0.39 is 0 Å². The van der Waals surface area contributed by atoms with Gasteiger partial charge in [-0.3, -0.25) is 9.59 Å². The summed E-state index contributed by atoms with van der Waals surface area (Å²) >= 11 is 0. The fourth-order valence-electron chi connectivity index (χ4n) is 4.63. The van der Waals surface area contributed by atoms with Gasteiger partial charge in [0.25, 0.3) is 5.91 Å². The van der Waals surface area contributed by atoms with E-state index in [4.69, 9.17) is 4.74 Å². The monoisotopic (exact) mass is 399 g/mol. The maximum Gasteiger partial charge on any atom is 0.251 e. The van der Waals surface area contributed by atoms with E-state index in [9.17, 15) is 9.59 Å². The molecule has 0 spiro atoms. The first-order chi connectivity index (χ1) is 14.0. The van der Waals surface area contributed by atoms with Gasteiger partial charge in [-0.15, -0.1) is 0 Å². The number of hydrogen-bond donors (Lipinski definition) is 1. The molecule has 1 atom stereocenters. The van der Waals surface area contributed by atoms with Crippen molar-refractivity contribution in [1.82, 2.24) is 15.1 Å². The zero-order chi connectivity index (χ0) is 20.4. The Morgan fingerprint density at radius 3 is 2.52 bits per heavy atom. The first-order valence-corrected chi connectivity index (χ1v) is 11.0. The third kappa shape index (κ3) is 4.64. The fourth-order valence-corrected chi connectivity index (χ4v) is 4.63. The summed E-state index contributed by atoms with van der Waals surface area (Å²) in [6.07, 6.45) is 5.98. The van der Waals surface area contributed by atoms with Crippen molar-refractivity contribution in [3.8, 4) is 0 Å². The molecule has 2 heterocycles. The minimum Gasteiger partial charge on any atom is -0.365 e. The second-order valence-electron chi connectivity index (χ2n) is 8.84. The molecule has 1 aromatic rings. The Morgan fingerprint density at radius 2 is 1.86 bits per heavy atom. The summed E-state index contributed by atoms with van der Waals surface area (Å²) in [6.45, 7) is 7.34. The van der Waals surface area contributed by atoms with Gasteiger partial charge in [-0.2, -0.15) is 0 Å². The van der Waals surface area contributed by atoms with Crippen molar-refractivity contribution in [2.75, 3.05) is 32.8 Å². The van der Waals surface area contributed by atoms with Crippen LogP contribution >= 0.6 is 0 Å². The van der Waals surface area contributed by atoms with Crippen molar-refractivity contribution in [3.05, 3.63) is 34.9 Å². The Bertz CT molecular complexity index is 754. The average Bonchev–Trinajstić information content (AvgIpc) is 2.68. The van der Waals surface area contributed by atoms with Crippen LogP contribution in [0.4, 0.5) is 0 Å². The maximum atomic E-state index is 12.5. The summed E-state index contributed by atoms with van der Waals surface area (Å²) in [5, 5.41) is 2.98. The van der Waals surface area contributed by atoms with E-state index in [1.165, 1.54) is 24.8 Å². The first-order valence-electron chi connectivity index (χ1n) is 11.0. The standard InChI is InChI=1S/C23H33N3O3/c1-16-6-7-18(12-17(16)2)23(28)24-13-21-14-26(22(27)15-29-21)20-8-10-25(11-9-20)19-4-3-5-19/h6-7,12,19-21H,3-5,8-11,13-15H2,1-2H3,(H,24,28)/t21-/m1/s1. The van der Waals surface area contributed by atoms with Crippen LogP contribution in [0.5, 0.6) is 0 Å². The molecule has 0 radical (unpaired) electrons. The summed E-state index contributed by atoms with van der Waals surface area (Å²) < 4.78 is 5.71. The van der Waals surface area contributed by atoms with E-state index in [0.717, 1.165) is 37.5 Å². The van der Waals surface area contributed by atoms with E-state index in [1.54, 1.807) is 0 Å². The van der Waals surface area contributed by atoms with Gasteiger partial charge < -0.3 is 19.9 Å². The maximum absolute atomic E-state index is 12.5. The molecule has 6 nitrogen and oxygen atoms in total. The van der Waals surface area contributed by atoms with Crippen molar-refractivity contribution < 1.29 is 14.3 Å². The minimum absolute atomic E-state index is 0.0869. The number of morpholine rings is 1. The highest BCUT2D eigenvalue weighted by Crippen LogP contribution is 2.29. The molecule has 4 rings (SSSR count). The molecule has 1 N–H and O–H groups in total. The van der Waals surface area contributed by atoms with Gasteiger partial charge in [0, 0.05) is 43.8 Å². The summed E-state index contributed by atoms with van der Waals surface area (Å²) in [6, 6.07) is 6.83. The Morgan fingerprint density at radius 1 is 1.10 bits per heavy atom. The second-order valence-corrected chi connectivity index (χ2v) is 8.84. The smallest absolute Gasteiger partial charge is 0.251 e. The van der Waals surface area contributed by atoms with Crippen LogP contribution in [0, 0.1) is 13.8 Å². The van der Waals surface area contributed by atoms with Gasteiger partial charge >= 0.3 is 0 Å². The molecule has 3 aliphatic rings. The van der Waals surface area contributed by atoms with Crippen molar-refractivity contribution in [1.29, 1.82) is 0 Å². The molecule has 3 fully saturated rings. The van der Waals surface area contributed by atoms with Crippen molar-refractivity contribution >= 4 is 11.8 Å². The SMILES string of the molecule is Cc1ccc(C(=O)NC[C@@H]2CN(C3CCN(C4CCC4)CC3)C(=O)CO2)cc1C. The Labute approximate surface area is 173 Å². The van der Waals surface area contributed by atoms with Crippen LogP contribution in [-0.4, -0.2) is 72.6 Å². The third-order valence-electron chi connectivity index (χ3n) is 6.95. The van der Waals surface area contributed by atoms with Crippen LogP contribution in [0.2, 0.25) is 0 Å². The molecule has 0 bridgehead atoms. The molecule has 158 valence electrons. The molecular formula is C23H33N3O3. The lowest BCUT2D eigenvalue weighted by molar-refractivity contribution is -0.153. The first kappa shape index (κ1) is 20.4. The predicted octanol–water partition coefficient (Wildman–Crippen LogP) is 2.28. The molecule has 2 amide bonds. The van der Waals surface area contributed by atoms with Crippen LogP contribution in [0.1, 0.15) is 53.6 Å². The zero-order valence-electron chi connectivity index (χ0n) is 17.7. The van der Waals surface area contributed by atoms with Crippen LogP contribution in [-0.2, 0) is 9.53 Å². The number of aryl methyl sites for hydroxylation is 2. The van der Waals surface area contributed by atoms with E-state index in [-0.39, 0.29) is 24.5 Å². The number of benzene rings is 1. The number of rotatable bonds is 5. The minimum atomic E-state index is -0.146. The molecular weight excluding hydrogens is 366 g/mol. The van der Waals surface area contributed by atoms with Gasteiger partial charge in [0.2, 0.25) is 5.91 Å². The summed E-state index contributed by atoms with van der Waals surface area (Å²) in [7, 11) is 0. The molecule has 1 saturated carbocycles. The van der Waals surface area contributed by atoms with Gasteiger partial charge in [-0.05, 0) is 62.8 Å². The Hall–Kier alpha value is -1.92. The lowest BCUT2D eigenvalue weighted by Crippen LogP contribution is -2.57. The molecule has 2 aliphatic heterocycles. The Balaban J connectivity index is 1.27. The van der Waals surface area contributed by atoms with Crippen LogP contribution < -0.4 is 5.32 Å². The van der Waals surface area contributed by atoms with Gasteiger partial charge in [0.1, 0.15) is 6.61 Å². The lowest BCUT2D eigenvalue weighted by atomic mass is 9.89. The molecule has 1 aromatic carbocycles. The van der Waals surface area contributed by atoms with Crippen LogP contribution in [0.15, 0.2) is 18.2 Å². The lowest BCUT2D eigenvalue weighted by Gasteiger charge is -2.45. The van der Waals surface area contributed by atoms with Gasteiger partial charge in [0.15, 0.2) is 0 Å². The topological polar surface area (TPSA) is 61.9 Å². The van der Waals surface area contributed by atoms with E-state index in [1.807, 2.05) is 36.9 Å². The number of carbonyl (C=O) groups is 2. The van der Waals surface area contributed by atoms with E-state index in [2.05, 4.69) is 10.2 Å². The Kier molecular flexibility index (Phi) is 6.20. The second kappa shape index (κ2) is 8.84. The zero-order valence-corrected chi connectivity index (χ0v) is 17.7. The highest BCUT2D eigenvalue weighted by Gasteiger charge is 2.35. The molecule has 0 unspecified atom stereocenters. The number of likely N-dealkylation sites (tertiary alicyclic amines) is 1. The number of amides is 2. The fraction of sp³-hybridized carbons (Fsp3) is 0.652. The number of piperidine rings is 1. The van der Waals surface area contributed by atoms with Gasteiger partial charge in [-0.25, -0.2) is 0 Å². The average molecular weight is 400 g/mol. The summed E-state index contributed by atoms with van der Waals surface area (Å²) in [5.41, 5.74) is 2.95. The van der Waals surface area contributed by atoms with Crippen molar-refractivity contribution in [2.45, 2.75) is 64.1 Å². The van der Waals surface area contributed by atoms with Crippen LogP contribution in [0.25, 0.3) is 0 Å². The molecule has 1 aliphatic carbocycles. The van der Waals surface area contributed by atoms with E-state index in [0.29, 0.717) is 24.7 Å². The number of nitrogens with one attached hydrogen (secondary N) is 1. The molecule has 2 saturated heterocycles. The van der Waals surface area contributed by atoms with E-state index >= 15 is 0 Å². The number of nitrogens with zero attached hydrogens (tertiary/aromatic N) is 2. The molecule has 6 heteroatoms. The number of carbonyl (C=O) groups excluding carboxylic acids is 2. The molecule has 0 aromatic heterocycles. The van der Waals surface area contributed by atoms with Gasteiger partial charge in [-0.1, -0.05) is 12.5 Å². The quantitative estimate of drug-likeness (QED) is 0.825. The largest absolute Gasteiger partial charge is 0.365 e. The molecule has 29 heavy (non-hydrogen) atoms. The van der Waals surface area contributed by atoms with Gasteiger partial charge in [0.05, 0.1) is 6.10 Å². The van der Waals surface area contributed by atoms with Crippen molar-refractivity contribution in [2.24, 2.45) is 0 Å². The van der Waals surface area contributed by atoms with Crippen molar-refractivity contribution in [3.63, 3.8) is 0 Å². The number of hydrogen-bond acceptors (Lipinski definition) is 4. The third-order valence-corrected chi connectivity index (χ3v) is 6.95. The summed E-state index contributed by atoms with van der Waals surface area (Å²) in [5.74, 6) is -0.00205. The summed E-state index contributed by atoms with van der Waals surface area (Å²) in [4.78, 5) is 29.5.